The molecule has 0 saturated heterocycles. The Morgan fingerprint density at radius 2 is 2.00 bits per heavy atom. The lowest BCUT2D eigenvalue weighted by Crippen LogP contribution is -2.31. The van der Waals surface area contributed by atoms with Gasteiger partial charge in [-0.15, -0.1) is 11.3 Å². The fourth-order valence-electron chi connectivity index (χ4n) is 1.80. The van der Waals surface area contributed by atoms with Gasteiger partial charge in [-0.1, -0.05) is 22.0 Å². The summed E-state index contributed by atoms with van der Waals surface area (Å²) in [7, 11) is 0. The van der Waals surface area contributed by atoms with Crippen molar-refractivity contribution >= 4 is 48.9 Å². The van der Waals surface area contributed by atoms with Gasteiger partial charge in [0.15, 0.2) is 0 Å². The zero-order valence-electron chi connectivity index (χ0n) is 10.3. The molecular formula is C13H9BrN4OS. The third-order valence-electron chi connectivity index (χ3n) is 2.71. The smallest absolute Gasteiger partial charge is 0.267 e. The molecule has 5 nitrogen and oxygen atoms in total. The number of nitrogens with two attached hydrogens (primary N) is 1. The minimum absolute atomic E-state index is 0.138. The second-order valence-electron chi connectivity index (χ2n) is 3.94. The third kappa shape index (κ3) is 2.46. The summed E-state index contributed by atoms with van der Waals surface area (Å²) in [6.07, 6.45) is 0. The summed E-state index contributed by atoms with van der Waals surface area (Å²) in [5, 5.41) is 18.2. The highest BCUT2D eigenvalue weighted by atomic mass is 79.9. The molecule has 2 N–H and O–H groups in total. The molecule has 2 aromatic rings. The highest BCUT2D eigenvalue weighted by Crippen LogP contribution is 2.38. The molecule has 0 bridgehead atoms. The van der Waals surface area contributed by atoms with Crippen LogP contribution in [0.25, 0.3) is 10.1 Å². The number of anilines is 1. The van der Waals surface area contributed by atoms with Crippen LogP contribution in [0.1, 0.15) is 9.67 Å². The molecule has 0 atom stereocenters. The van der Waals surface area contributed by atoms with Gasteiger partial charge >= 0.3 is 0 Å². The van der Waals surface area contributed by atoms with Crippen LogP contribution in [0, 0.1) is 22.7 Å². The van der Waals surface area contributed by atoms with Crippen LogP contribution in [-0.2, 0) is 0 Å². The van der Waals surface area contributed by atoms with Gasteiger partial charge in [-0.2, -0.15) is 10.5 Å². The number of carbonyl (C=O) groups excluding carboxylic acids is 1. The molecule has 0 saturated carbocycles. The maximum Gasteiger partial charge on any atom is 0.267 e. The molecule has 1 aromatic heterocycles. The Morgan fingerprint density at radius 3 is 2.55 bits per heavy atom. The normalized spacial score (nSPS) is 9.95. The Hall–Kier alpha value is -2.09. The molecule has 0 aliphatic carbocycles. The molecule has 0 spiro atoms. The number of carbonyl (C=O) groups is 1. The average molecular weight is 349 g/mol. The van der Waals surface area contributed by atoms with Crippen LogP contribution >= 0.6 is 27.3 Å². The van der Waals surface area contributed by atoms with Gasteiger partial charge in [0.25, 0.3) is 5.91 Å². The SMILES string of the molecule is N#CCN(CC#N)C(=O)c1sc2cccc(Br)c2c1N. The van der Waals surface area contributed by atoms with E-state index in [9.17, 15) is 4.79 Å². The number of rotatable bonds is 3. The molecule has 7 heteroatoms. The lowest BCUT2D eigenvalue weighted by Gasteiger charge is -2.14. The number of benzene rings is 1. The van der Waals surface area contributed by atoms with Crippen molar-refractivity contribution in [2.45, 2.75) is 0 Å². The van der Waals surface area contributed by atoms with Crippen LogP contribution in [0.3, 0.4) is 0 Å². The van der Waals surface area contributed by atoms with E-state index in [1.807, 2.05) is 30.3 Å². The first kappa shape index (κ1) is 14.3. The lowest BCUT2D eigenvalue weighted by atomic mass is 10.2. The molecule has 20 heavy (non-hydrogen) atoms. The third-order valence-corrected chi connectivity index (χ3v) is 4.53. The maximum atomic E-state index is 12.4. The predicted octanol–water partition coefficient (Wildman–Crippen LogP) is 2.74. The highest BCUT2D eigenvalue weighted by Gasteiger charge is 2.22. The van der Waals surface area contributed by atoms with Crippen molar-refractivity contribution in [1.29, 1.82) is 10.5 Å². The van der Waals surface area contributed by atoms with Crippen LogP contribution in [0.4, 0.5) is 5.69 Å². The second kappa shape index (κ2) is 5.91. The van der Waals surface area contributed by atoms with Gasteiger partial charge in [-0.3, -0.25) is 4.79 Å². The summed E-state index contributed by atoms with van der Waals surface area (Å²) in [6.45, 7) is -0.275. The van der Waals surface area contributed by atoms with E-state index >= 15 is 0 Å². The van der Waals surface area contributed by atoms with E-state index in [2.05, 4.69) is 15.9 Å². The monoisotopic (exact) mass is 348 g/mol. The molecule has 1 heterocycles. The van der Waals surface area contributed by atoms with Crippen molar-refractivity contribution in [2.24, 2.45) is 0 Å². The largest absolute Gasteiger partial charge is 0.397 e. The van der Waals surface area contributed by atoms with E-state index in [-0.39, 0.29) is 13.1 Å². The molecule has 100 valence electrons. The minimum Gasteiger partial charge on any atom is -0.397 e. The Balaban J connectivity index is 2.50. The van der Waals surface area contributed by atoms with Crippen LogP contribution in [0.15, 0.2) is 22.7 Å². The van der Waals surface area contributed by atoms with Gasteiger partial charge in [0.2, 0.25) is 0 Å². The van der Waals surface area contributed by atoms with Gasteiger partial charge in [0.05, 0.1) is 17.8 Å². The van der Waals surface area contributed by atoms with E-state index in [1.165, 1.54) is 16.2 Å². The van der Waals surface area contributed by atoms with E-state index in [0.29, 0.717) is 10.6 Å². The first-order valence-electron chi connectivity index (χ1n) is 5.59. The average Bonchev–Trinajstić information content (AvgIpc) is 2.76. The summed E-state index contributed by atoms with van der Waals surface area (Å²) in [4.78, 5) is 13.9. The first-order valence-corrected chi connectivity index (χ1v) is 7.20. The summed E-state index contributed by atoms with van der Waals surface area (Å²) >= 11 is 4.67. The number of nitrogens with zero attached hydrogens (tertiary/aromatic N) is 3. The summed E-state index contributed by atoms with van der Waals surface area (Å²) in [5.41, 5.74) is 6.42. The Morgan fingerprint density at radius 1 is 1.35 bits per heavy atom. The summed E-state index contributed by atoms with van der Waals surface area (Å²) in [5.74, 6) is -0.390. The van der Waals surface area contributed by atoms with E-state index in [0.717, 1.165) is 14.6 Å². The van der Waals surface area contributed by atoms with E-state index in [4.69, 9.17) is 16.3 Å². The molecular weight excluding hydrogens is 340 g/mol. The van der Waals surface area contributed by atoms with Gasteiger partial charge in [0, 0.05) is 14.6 Å². The number of halogens is 1. The molecule has 0 aliphatic rings. The lowest BCUT2D eigenvalue weighted by molar-refractivity contribution is 0.0800. The zero-order valence-corrected chi connectivity index (χ0v) is 12.7. The van der Waals surface area contributed by atoms with Gasteiger partial charge in [-0.25, -0.2) is 0 Å². The maximum absolute atomic E-state index is 12.4. The Labute approximate surface area is 127 Å². The van der Waals surface area contributed by atoms with Crippen molar-refractivity contribution < 1.29 is 4.79 Å². The summed E-state index contributed by atoms with van der Waals surface area (Å²) < 4.78 is 1.70. The van der Waals surface area contributed by atoms with Crippen molar-refractivity contribution in [1.82, 2.24) is 4.90 Å². The topological polar surface area (TPSA) is 93.9 Å². The van der Waals surface area contributed by atoms with Crippen LogP contribution in [-0.4, -0.2) is 23.9 Å². The van der Waals surface area contributed by atoms with Gasteiger partial charge < -0.3 is 10.6 Å². The van der Waals surface area contributed by atoms with Crippen molar-refractivity contribution in [3.05, 3.63) is 27.5 Å². The molecule has 0 unspecified atom stereocenters. The van der Waals surface area contributed by atoms with E-state index < -0.39 is 5.91 Å². The number of thiophene rings is 1. The number of nitriles is 2. The van der Waals surface area contributed by atoms with Crippen molar-refractivity contribution in [3.63, 3.8) is 0 Å². The number of nitrogen functional groups attached to an aromatic ring is 1. The summed E-state index contributed by atoms with van der Waals surface area (Å²) in [6, 6.07) is 9.33. The fraction of sp³-hybridized carbons (Fsp3) is 0.154. The molecule has 2 rings (SSSR count). The predicted molar refractivity (Wildman–Crippen MR) is 81.1 cm³/mol. The van der Waals surface area contributed by atoms with Crippen molar-refractivity contribution in [3.8, 4) is 12.1 Å². The quantitative estimate of drug-likeness (QED) is 0.862. The van der Waals surface area contributed by atoms with Crippen LogP contribution in [0.2, 0.25) is 0 Å². The van der Waals surface area contributed by atoms with Crippen LogP contribution in [0.5, 0.6) is 0 Å². The molecule has 0 aliphatic heterocycles. The minimum atomic E-state index is -0.390. The van der Waals surface area contributed by atoms with Gasteiger partial charge in [-0.05, 0) is 12.1 Å². The Kier molecular flexibility index (Phi) is 4.23. The number of amides is 1. The van der Waals surface area contributed by atoms with Crippen LogP contribution < -0.4 is 5.73 Å². The molecule has 0 fully saturated rings. The molecule has 1 amide bonds. The highest BCUT2D eigenvalue weighted by molar-refractivity contribution is 9.10. The number of fused-ring (bicyclic) bond motifs is 1. The Bertz CT molecular complexity index is 740. The second-order valence-corrected chi connectivity index (χ2v) is 5.84. The van der Waals surface area contributed by atoms with Gasteiger partial charge in [0.1, 0.15) is 18.0 Å². The van der Waals surface area contributed by atoms with E-state index in [1.54, 1.807) is 0 Å². The van der Waals surface area contributed by atoms with Crippen molar-refractivity contribution in [2.75, 3.05) is 18.8 Å². The molecule has 1 aromatic carbocycles. The first-order chi connectivity index (χ1) is 9.60. The molecule has 0 radical (unpaired) electrons. The zero-order chi connectivity index (χ0) is 14.7. The number of hydrogen-bond donors (Lipinski definition) is 1. The standard InChI is InChI=1S/C13H9BrN4OS/c14-8-2-1-3-9-10(8)11(17)12(20-9)13(19)18(6-4-15)7-5-16/h1-3H,6-7,17H2. The number of hydrogen-bond acceptors (Lipinski definition) is 5. The fourth-order valence-corrected chi connectivity index (χ4v) is 3.63.